The van der Waals surface area contributed by atoms with Crippen LogP contribution in [0, 0.1) is 11.8 Å². The van der Waals surface area contributed by atoms with Gasteiger partial charge in [-0.25, -0.2) is 4.79 Å². The van der Waals surface area contributed by atoms with Gasteiger partial charge in [-0.15, -0.1) is 0 Å². The smallest absolute Gasteiger partial charge is 0.410 e. The van der Waals surface area contributed by atoms with Crippen LogP contribution in [-0.2, 0) is 11.3 Å². The Balaban J connectivity index is 1.08. The molecule has 1 heterocycles. The SMILES string of the molecule is CN(C(=O)c1ccccc1)C1CC(CN2CCC(N(CC3CC3)C(=O)OCc3ccccc3)CC2)C(c2ccccc2)C1. The average molecular weight is 580 g/mol. The molecule has 2 aliphatic carbocycles. The molecule has 3 aliphatic rings. The topological polar surface area (TPSA) is 53.1 Å². The Labute approximate surface area is 256 Å². The van der Waals surface area contributed by atoms with Gasteiger partial charge in [0.25, 0.3) is 5.91 Å². The normalized spacial score (nSPS) is 22.7. The van der Waals surface area contributed by atoms with Gasteiger partial charge in [0.15, 0.2) is 0 Å². The van der Waals surface area contributed by atoms with Crippen molar-refractivity contribution < 1.29 is 14.3 Å². The molecule has 6 nitrogen and oxygen atoms in total. The van der Waals surface area contributed by atoms with E-state index < -0.39 is 0 Å². The molecule has 3 aromatic carbocycles. The van der Waals surface area contributed by atoms with Crippen LogP contribution >= 0.6 is 0 Å². The fraction of sp³-hybridized carbons (Fsp3) is 0.459. The second-order valence-corrected chi connectivity index (χ2v) is 12.9. The molecule has 3 unspecified atom stereocenters. The van der Waals surface area contributed by atoms with Crippen LogP contribution in [0.1, 0.15) is 65.9 Å². The molecule has 3 aromatic rings. The lowest BCUT2D eigenvalue weighted by Gasteiger charge is -2.39. The summed E-state index contributed by atoms with van der Waals surface area (Å²) in [6.45, 7) is 4.14. The van der Waals surface area contributed by atoms with Crippen molar-refractivity contribution in [1.29, 1.82) is 0 Å². The van der Waals surface area contributed by atoms with Gasteiger partial charge >= 0.3 is 6.09 Å². The first kappa shape index (κ1) is 29.4. The average Bonchev–Trinajstić information content (AvgIpc) is 3.80. The molecule has 1 aliphatic heterocycles. The zero-order valence-electron chi connectivity index (χ0n) is 25.4. The standard InChI is InChI=1S/C37H45N3O3/c1-38(36(41)31-15-9-4-10-16-31)34-23-32(35(24-34)30-13-7-3-8-14-30)26-39-21-19-33(20-22-39)40(25-28-17-18-28)37(42)43-27-29-11-5-2-6-12-29/h2-16,28,32-35H,17-27H2,1H3. The number of nitrogens with zero attached hydrogens (tertiary/aromatic N) is 3. The molecule has 6 rings (SSSR count). The Hall–Kier alpha value is -3.64. The molecule has 2 amide bonds. The lowest BCUT2D eigenvalue weighted by Crippen LogP contribution is -2.49. The fourth-order valence-electron chi connectivity index (χ4n) is 7.17. The minimum atomic E-state index is -0.164. The highest BCUT2D eigenvalue weighted by Crippen LogP contribution is 2.43. The molecular weight excluding hydrogens is 534 g/mol. The monoisotopic (exact) mass is 579 g/mol. The van der Waals surface area contributed by atoms with Crippen LogP contribution in [0.2, 0.25) is 0 Å². The van der Waals surface area contributed by atoms with Gasteiger partial charge in [0.05, 0.1) is 0 Å². The number of amides is 2. The third kappa shape index (κ3) is 7.48. The summed E-state index contributed by atoms with van der Waals surface area (Å²) in [5.41, 5.74) is 3.16. The zero-order valence-corrected chi connectivity index (χ0v) is 25.4. The van der Waals surface area contributed by atoms with Crippen molar-refractivity contribution in [3.8, 4) is 0 Å². The summed E-state index contributed by atoms with van der Waals surface area (Å²) in [5, 5.41) is 0. The van der Waals surface area contributed by atoms with E-state index in [0.717, 1.165) is 63.0 Å². The van der Waals surface area contributed by atoms with E-state index in [1.54, 1.807) is 0 Å². The molecule has 0 N–H and O–H groups in total. The second kappa shape index (κ2) is 13.8. The predicted molar refractivity (Wildman–Crippen MR) is 170 cm³/mol. The minimum absolute atomic E-state index is 0.105. The van der Waals surface area contributed by atoms with Crippen LogP contribution in [-0.4, -0.2) is 72.0 Å². The van der Waals surface area contributed by atoms with Crippen molar-refractivity contribution in [1.82, 2.24) is 14.7 Å². The van der Waals surface area contributed by atoms with E-state index in [0.29, 0.717) is 24.4 Å². The van der Waals surface area contributed by atoms with Gasteiger partial charge in [-0.2, -0.15) is 0 Å². The highest BCUT2D eigenvalue weighted by atomic mass is 16.6. The van der Waals surface area contributed by atoms with Crippen molar-refractivity contribution in [2.24, 2.45) is 11.8 Å². The Bertz CT molecular complexity index is 1320. The van der Waals surface area contributed by atoms with Crippen LogP contribution in [0.4, 0.5) is 4.79 Å². The zero-order chi connectivity index (χ0) is 29.6. The first-order chi connectivity index (χ1) is 21.0. The van der Waals surface area contributed by atoms with E-state index in [-0.39, 0.29) is 24.1 Å². The third-order valence-electron chi connectivity index (χ3n) is 9.87. The third-order valence-corrected chi connectivity index (χ3v) is 9.87. The van der Waals surface area contributed by atoms with Crippen molar-refractivity contribution in [2.45, 2.75) is 63.1 Å². The predicted octanol–water partition coefficient (Wildman–Crippen LogP) is 6.83. The number of hydrogen-bond acceptors (Lipinski definition) is 4. The number of carbonyl (C=O) groups is 2. The quantitative estimate of drug-likeness (QED) is 0.264. The van der Waals surface area contributed by atoms with E-state index in [1.807, 2.05) is 77.5 Å². The molecule has 0 aromatic heterocycles. The maximum atomic E-state index is 13.3. The Morgan fingerprint density at radius 1 is 0.791 bits per heavy atom. The molecule has 0 bridgehead atoms. The number of hydrogen-bond donors (Lipinski definition) is 0. The number of piperidine rings is 1. The summed E-state index contributed by atoms with van der Waals surface area (Å²) in [6, 6.07) is 30.9. The maximum Gasteiger partial charge on any atom is 0.410 e. The van der Waals surface area contributed by atoms with Crippen molar-refractivity contribution >= 4 is 12.0 Å². The van der Waals surface area contributed by atoms with Gasteiger partial charge in [-0.05, 0) is 79.5 Å². The van der Waals surface area contributed by atoms with Gasteiger partial charge in [-0.1, -0.05) is 78.9 Å². The first-order valence-electron chi connectivity index (χ1n) is 16.1. The fourth-order valence-corrected chi connectivity index (χ4v) is 7.17. The summed E-state index contributed by atoms with van der Waals surface area (Å²) < 4.78 is 5.80. The lowest BCUT2D eigenvalue weighted by atomic mass is 9.88. The highest BCUT2D eigenvalue weighted by Gasteiger charge is 2.40. The summed E-state index contributed by atoms with van der Waals surface area (Å²) in [5.74, 6) is 1.64. The summed E-state index contributed by atoms with van der Waals surface area (Å²) in [6.07, 6.45) is 6.22. The number of rotatable bonds is 10. The van der Waals surface area contributed by atoms with Gasteiger partial charge in [-0.3, -0.25) is 4.79 Å². The van der Waals surface area contributed by atoms with Gasteiger partial charge in [0.1, 0.15) is 6.61 Å². The van der Waals surface area contributed by atoms with Gasteiger partial charge in [0, 0.05) is 50.9 Å². The molecule has 0 radical (unpaired) electrons. The van der Waals surface area contributed by atoms with Gasteiger partial charge < -0.3 is 19.4 Å². The number of benzene rings is 3. The minimum Gasteiger partial charge on any atom is -0.445 e. The molecular formula is C37H45N3O3. The molecule has 3 fully saturated rings. The van der Waals surface area contributed by atoms with E-state index in [9.17, 15) is 9.59 Å². The molecule has 43 heavy (non-hydrogen) atoms. The molecule has 2 saturated carbocycles. The Kier molecular flexibility index (Phi) is 9.42. The summed E-state index contributed by atoms with van der Waals surface area (Å²) in [4.78, 5) is 33.2. The maximum absolute atomic E-state index is 13.3. The largest absolute Gasteiger partial charge is 0.445 e. The molecule has 3 atom stereocenters. The molecule has 226 valence electrons. The summed E-state index contributed by atoms with van der Waals surface area (Å²) in [7, 11) is 1.97. The number of carbonyl (C=O) groups excluding carboxylic acids is 2. The van der Waals surface area contributed by atoms with Gasteiger partial charge in [0.2, 0.25) is 0 Å². The van der Waals surface area contributed by atoms with E-state index in [4.69, 9.17) is 4.74 Å². The van der Waals surface area contributed by atoms with Crippen LogP contribution in [0.25, 0.3) is 0 Å². The Morgan fingerprint density at radius 3 is 2.07 bits per heavy atom. The van der Waals surface area contributed by atoms with E-state index in [1.165, 1.54) is 18.4 Å². The molecule has 6 heteroatoms. The summed E-state index contributed by atoms with van der Waals surface area (Å²) >= 11 is 0. The van der Waals surface area contributed by atoms with Crippen LogP contribution in [0.15, 0.2) is 91.0 Å². The Morgan fingerprint density at radius 2 is 1.42 bits per heavy atom. The number of ether oxygens (including phenoxy) is 1. The van der Waals surface area contributed by atoms with Crippen LogP contribution in [0.3, 0.4) is 0 Å². The van der Waals surface area contributed by atoms with Crippen LogP contribution < -0.4 is 0 Å². The van der Waals surface area contributed by atoms with E-state index >= 15 is 0 Å². The first-order valence-corrected chi connectivity index (χ1v) is 16.1. The second-order valence-electron chi connectivity index (χ2n) is 12.9. The lowest BCUT2D eigenvalue weighted by molar-refractivity contribution is 0.0552. The van der Waals surface area contributed by atoms with Crippen molar-refractivity contribution in [3.63, 3.8) is 0 Å². The van der Waals surface area contributed by atoms with Crippen molar-refractivity contribution in [3.05, 3.63) is 108 Å². The van der Waals surface area contributed by atoms with Crippen molar-refractivity contribution in [2.75, 3.05) is 33.2 Å². The molecule has 0 spiro atoms. The molecule has 1 saturated heterocycles. The highest BCUT2D eigenvalue weighted by molar-refractivity contribution is 5.94. The number of likely N-dealkylation sites (tertiary alicyclic amines) is 1. The van der Waals surface area contributed by atoms with E-state index in [2.05, 4.69) is 35.2 Å². The van der Waals surface area contributed by atoms with Crippen LogP contribution in [0.5, 0.6) is 0 Å².